The summed E-state index contributed by atoms with van der Waals surface area (Å²) in [5.74, 6) is 1.13. The average Bonchev–Trinajstić information content (AvgIpc) is 3.73. The van der Waals surface area contributed by atoms with Crippen molar-refractivity contribution in [2.45, 2.75) is 58.9 Å². The van der Waals surface area contributed by atoms with E-state index in [-0.39, 0.29) is 12.2 Å². The van der Waals surface area contributed by atoms with Crippen LogP contribution in [0.25, 0.3) is 33.4 Å². The zero-order valence-electron chi connectivity index (χ0n) is 26.3. The summed E-state index contributed by atoms with van der Waals surface area (Å²) < 4.78 is 13.1. The van der Waals surface area contributed by atoms with Crippen LogP contribution >= 0.6 is 0 Å². The molecule has 234 valence electrons. The van der Waals surface area contributed by atoms with E-state index in [9.17, 15) is 9.90 Å². The van der Waals surface area contributed by atoms with Gasteiger partial charge < -0.3 is 19.7 Å². The predicted molar refractivity (Wildman–Crippen MR) is 178 cm³/mol. The number of aromatic nitrogens is 8. The molecule has 6 aromatic rings. The van der Waals surface area contributed by atoms with Crippen molar-refractivity contribution in [3.63, 3.8) is 0 Å². The van der Waals surface area contributed by atoms with Crippen LogP contribution in [0.4, 0.5) is 5.82 Å². The highest BCUT2D eigenvalue weighted by molar-refractivity contribution is 6.76. The molecule has 45 heavy (non-hydrogen) atoms. The Morgan fingerprint density at radius 2 is 1.89 bits per heavy atom. The second-order valence-corrected chi connectivity index (χ2v) is 18.1. The van der Waals surface area contributed by atoms with Gasteiger partial charge in [0.2, 0.25) is 0 Å². The molecule has 13 heteroatoms. The van der Waals surface area contributed by atoms with E-state index in [1.807, 2.05) is 73.4 Å². The number of aliphatic hydroxyl groups is 1. The average molecular weight is 626 g/mol. The van der Waals surface area contributed by atoms with Crippen LogP contribution in [0.3, 0.4) is 0 Å². The Bertz CT molecular complexity index is 2000. The number of aliphatic hydroxyl groups excluding tert-OH is 1. The third-order valence-electron chi connectivity index (χ3n) is 7.82. The van der Waals surface area contributed by atoms with Gasteiger partial charge in [-0.05, 0) is 43.7 Å². The van der Waals surface area contributed by atoms with Crippen molar-refractivity contribution in [1.82, 2.24) is 38.5 Å². The number of rotatable bonds is 12. The maximum Gasteiger partial charge on any atom is 0.282 e. The lowest BCUT2D eigenvalue weighted by atomic mass is 10.1. The van der Waals surface area contributed by atoms with Crippen LogP contribution in [0, 0.1) is 6.92 Å². The lowest BCUT2D eigenvalue weighted by molar-refractivity contribution is 0.0899. The molecule has 0 radical (unpaired) electrons. The highest BCUT2D eigenvalue weighted by Crippen LogP contribution is 2.35. The van der Waals surface area contributed by atoms with Gasteiger partial charge in [0, 0.05) is 44.4 Å². The molecule has 5 heterocycles. The number of para-hydroxylation sites is 1. The number of hydrogen-bond acceptors (Lipinski definition) is 8. The van der Waals surface area contributed by atoms with Crippen molar-refractivity contribution < 1.29 is 9.84 Å². The lowest BCUT2D eigenvalue weighted by Crippen LogP contribution is -2.29. The Kier molecular flexibility index (Phi) is 8.40. The SMILES string of the molecule is Cc1ccn2nc([C@H](C)Nc3ncnc4c3c(-c3cnn(CCO)c3)cn4COCC[Si](C)(C)C)n(-c3ccccc3)c(=O)c12. The van der Waals surface area contributed by atoms with Crippen LogP contribution < -0.4 is 10.9 Å². The van der Waals surface area contributed by atoms with Crippen LogP contribution in [0.2, 0.25) is 25.7 Å². The molecule has 1 atom stereocenters. The van der Waals surface area contributed by atoms with Crippen LogP contribution in [0.5, 0.6) is 0 Å². The van der Waals surface area contributed by atoms with E-state index in [2.05, 4.69) is 40.0 Å². The number of nitrogens with zero attached hydrogens (tertiary/aromatic N) is 8. The molecule has 5 aromatic heterocycles. The number of aryl methyl sites for hydroxylation is 1. The summed E-state index contributed by atoms with van der Waals surface area (Å²) in [6.07, 6.45) is 9.03. The molecular weight excluding hydrogens is 586 g/mol. The zero-order valence-corrected chi connectivity index (χ0v) is 27.3. The van der Waals surface area contributed by atoms with Crippen molar-refractivity contribution in [3.8, 4) is 16.8 Å². The van der Waals surface area contributed by atoms with Gasteiger partial charge in [-0.2, -0.15) is 10.2 Å². The molecule has 0 fully saturated rings. The fourth-order valence-electron chi connectivity index (χ4n) is 5.43. The largest absolute Gasteiger partial charge is 0.394 e. The molecular formula is C32H39N9O3Si. The molecule has 2 N–H and O–H groups in total. The highest BCUT2D eigenvalue weighted by Gasteiger charge is 2.23. The fourth-order valence-corrected chi connectivity index (χ4v) is 6.18. The molecule has 0 saturated heterocycles. The molecule has 6 rings (SSSR count). The minimum atomic E-state index is -1.24. The lowest BCUT2D eigenvalue weighted by Gasteiger charge is -2.20. The summed E-state index contributed by atoms with van der Waals surface area (Å²) in [5, 5.41) is 23.1. The van der Waals surface area contributed by atoms with Gasteiger partial charge in [-0.1, -0.05) is 37.8 Å². The topological polar surface area (TPSA) is 129 Å². The number of nitrogens with one attached hydrogen (secondary N) is 1. The summed E-state index contributed by atoms with van der Waals surface area (Å²) in [7, 11) is -1.24. The molecule has 12 nitrogen and oxygen atoms in total. The quantitative estimate of drug-likeness (QED) is 0.145. The maximum atomic E-state index is 13.9. The minimum absolute atomic E-state index is 0.0113. The van der Waals surface area contributed by atoms with Crippen molar-refractivity contribution in [2.24, 2.45) is 0 Å². The highest BCUT2D eigenvalue weighted by atomic mass is 28.3. The van der Waals surface area contributed by atoms with Gasteiger partial charge in [-0.25, -0.2) is 14.5 Å². The first-order valence-electron chi connectivity index (χ1n) is 15.1. The molecule has 0 aliphatic carbocycles. The minimum Gasteiger partial charge on any atom is -0.394 e. The Morgan fingerprint density at radius 1 is 1.09 bits per heavy atom. The summed E-state index contributed by atoms with van der Waals surface area (Å²) in [5.41, 5.74) is 4.44. The summed E-state index contributed by atoms with van der Waals surface area (Å²) >= 11 is 0. The van der Waals surface area contributed by atoms with Crippen LogP contribution in [0.1, 0.15) is 24.4 Å². The number of benzene rings is 1. The van der Waals surface area contributed by atoms with Crippen molar-refractivity contribution in [2.75, 3.05) is 18.5 Å². The van der Waals surface area contributed by atoms with Crippen molar-refractivity contribution in [3.05, 3.63) is 89.3 Å². The van der Waals surface area contributed by atoms with E-state index in [0.717, 1.165) is 33.8 Å². The summed E-state index contributed by atoms with van der Waals surface area (Å²) in [6.45, 7) is 12.3. The molecule has 1 aromatic carbocycles. The third kappa shape index (κ3) is 6.19. The van der Waals surface area contributed by atoms with Gasteiger partial charge in [0.05, 0.1) is 36.5 Å². The smallest absolute Gasteiger partial charge is 0.282 e. The number of fused-ring (bicyclic) bond motifs is 2. The fraction of sp³-hybridized carbons (Fsp3) is 0.344. The van der Waals surface area contributed by atoms with E-state index in [1.165, 1.54) is 6.33 Å². The van der Waals surface area contributed by atoms with E-state index in [4.69, 9.17) is 9.84 Å². The third-order valence-corrected chi connectivity index (χ3v) is 9.53. The second-order valence-electron chi connectivity index (χ2n) is 12.5. The molecule has 0 aliphatic heterocycles. The Hall–Kier alpha value is -4.59. The molecule has 0 aliphatic rings. The summed E-state index contributed by atoms with van der Waals surface area (Å²) in [4.78, 5) is 23.2. The van der Waals surface area contributed by atoms with Gasteiger partial charge in [0.25, 0.3) is 5.56 Å². The van der Waals surface area contributed by atoms with E-state index >= 15 is 0 Å². The molecule has 0 amide bonds. The molecule has 0 bridgehead atoms. The van der Waals surface area contributed by atoms with Crippen molar-refractivity contribution >= 4 is 30.4 Å². The van der Waals surface area contributed by atoms with Gasteiger partial charge >= 0.3 is 0 Å². The monoisotopic (exact) mass is 625 g/mol. The van der Waals surface area contributed by atoms with E-state index in [1.54, 1.807) is 20.0 Å². The number of ether oxygens (including phenoxy) is 1. The van der Waals surface area contributed by atoms with Crippen LogP contribution in [0.15, 0.2) is 72.3 Å². The van der Waals surface area contributed by atoms with Gasteiger partial charge in [0.1, 0.15) is 30.0 Å². The Balaban J connectivity index is 1.43. The van der Waals surface area contributed by atoms with E-state index in [0.29, 0.717) is 42.7 Å². The van der Waals surface area contributed by atoms with E-state index < -0.39 is 14.1 Å². The standard InChI is InChI=1S/C32H39N9O3Si/c1-22-11-12-40-28(22)32(43)41(25-9-7-6-8-10-25)30(37-40)23(2)36-29-27-26(24-17-35-39(18-24)13-14-42)19-38(31(27)34-20-33-29)21-44-15-16-45(3,4)5/h6-12,17-20,23,42H,13-16,21H2,1-5H3,(H,33,34,36)/t23-/m0/s1. The Morgan fingerprint density at radius 3 is 2.64 bits per heavy atom. The van der Waals surface area contributed by atoms with Gasteiger partial charge in [0.15, 0.2) is 5.82 Å². The number of hydrogen-bond donors (Lipinski definition) is 2. The number of anilines is 1. The first-order chi connectivity index (χ1) is 21.6. The van der Waals surface area contributed by atoms with Gasteiger partial charge in [-0.3, -0.25) is 14.0 Å². The zero-order chi connectivity index (χ0) is 31.7. The predicted octanol–water partition coefficient (Wildman–Crippen LogP) is 4.88. The first kappa shape index (κ1) is 30.4. The normalized spacial score (nSPS) is 12.8. The first-order valence-corrected chi connectivity index (χ1v) is 18.8. The van der Waals surface area contributed by atoms with Crippen molar-refractivity contribution in [1.29, 1.82) is 0 Å². The molecule has 0 saturated carbocycles. The van der Waals surface area contributed by atoms with Crippen LogP contribution in [-0.4, -0.2) is 64.9 Å². The summed E-state index contributed by atoms with van der Waals surface area (Å²) in [6, 6.07) is 12.1. The maximum absolute atomic E-state index is 13.9. The Labute approximate surface area is 262 Å². The molecule has 0 unspecified atom stereocenters. The van der Waals surface area contributed by atoms with Gasteiger partial charge in [-0.15, -0.1) is 0 Å². The van der Waals surface area contributed by atoms with Crippen LogP contribution in [-0.2, 0) is 18.0 Å². The second kappa shape index (κ2) is 12.4. The molecule has 0 spiro atoms.